The third-order valence-corrected chi connectivity index (χ3v) is 2.74. The second-order valence-electron chi connectivity index (χ2n) is 4.09. The summed E-state index contributed by atoms with van der Waals surface area (Å²) in [6, 6.07) is 4.35. The van der Waals surface area contributed by atoms with Crippen molar-refractivity contribution < 1.29 is 34.4 Å². The topological polar surface area (TPSA) is 113 Å². The molecule has 1 aromatic rings. The maximum atomic E-state index is 11.2. The third kappa shape index (κ3) is 4.30. The molecule has 0 heterocycles. The van der Waals surface area contributed by atoms with Crippen molar-refractivity contribution >= 4 is 18.0 Å². The maximum Gasteiger partial charge on any atom is 0.337 e. The van der Waals surface area contributed by atoms with Crippen molar-refractivity contribution in [2.24, 2.45) is 0 Å². The molecule has 7 heteroatoms. The standard InChI is InChI=1S/C14H16O7/c1-20-10-5-3-9(7-8(10)4-6-11(15)16)12(17)13(18)14(19)21-2/h3-7,12-13,17-18H,1-2H3,(H,15,16)/b6-4+. The molecule has 0 aliphatic carbocycles. The molecule has 0 saturated heterocycles. The zero-order chi connectivity index (χ0) is 16.0. The van der Waals surface area contributed by atoms with E-state index in [-0.39, 0.29) is 5.56 Å². The number of aliphatic hydroxyl groups is 2. The number of ether oxygens (including phenoxy) is 2. The Morgan fingerprint density at radius 3 is 2.43 bits per heavy atom. The molecule has 114 valence electrons. The lowest BCUT2D eigenvalue weighted by atomic mass is 10.0. The highest BCUT2D eigenvalue weighted by Gasteiger charge is 2.26. The molecule has 0 bridgehead atoms. The average Bonchev–Trinajstić information content (AvgIpc) is 2.50. The molecule has 0 aromatic heterocycles. The lowest BCUT2D eigenvalue weighted by molar-refractivity contribution is -0.156. The Labute approximate surface area is 121 Å². The number of aliphatic hydroxyl groups excluding tert-OH is 2. The minimum absolute atomic E-state index is 0.221. The summed E-state index contributed by atoms with van der Waals surface area (Å²) in [6.07, 6.45) is -1.05. The summed E-state index contributed by atoms with van der Waals surface area (Å²) in [4.78, 5) is 21.8. The van der Waals surface area contributed by atoms with E-state index in [0.29, 0.717) is 11.3 Å². The van der Waals surface area contributed by atoms with Crippen LogP contribution < -0.4 is 4.74 Å². The number of carbonyl (C=O) groups is 2. The van der Waals surface area contributed by atoms with Crippen molar-refractivity contribution in [2.45, 2.75) is 12.2 Å². The summed E-state index contributed by atoms with van der Waals surface area (Å²) in [5.41, 5.74) is 0.604. The molecule has 7 nitrogen and oxygen atoms in total. The van der Waals surface area contributed by atoms with Gasteiger partial charge in [0.25, 0.3) is 0 Å². The van der Waals surface area contributed by atoms with Crippen LogP contribution in [-0.4, -0.2) is 47.6 Å². The largest absolute Gasteiger partial charge is 0.496 e. The predicted molar refractivity (Wildman–Crippen MR) is 72.6 cm³/mol. The van der Waals surface area contributed by atoms with Crippen LogP contribution >= 0.6 is 0 Å². The summed E-state index contributed by atoms with van der Waals surface area (Å²) in [6.45, 7) is 0. The van der Waals surface area contributed by atoms with Crippen LogP contribution in [-0.2, 0) is 14.3 Å². The van der Waals surface area contributed by atoms with E-state index in [4.69, 9.17) is 9.84 Å². The molecule has 1 aromatic carbocycles. The van der Waals surface area contributed by atoms with Crippen LogP contribution in [0.2, 0.25) is 0 Å². The Bertz CT molecular complexity index is 550. The molecule has 0 amide bonds. The van der Waals surface area contributed by atoms with E-state index < -0.39 is 24.1 Å². The summed E-state index contributed by atoms with van der Waals surface area (Å²) in [7, 11) is 2.50. The van der Waals surface area contributed by atoms with Gasteiger partial charge in [0.2, 0.25) is 0 Å². The third-order valence-electron chi connectivity index (χ3n) is 2.74. The van der Waals surface area contributed by atoms with Crippen molar-refractivity contribution in [3.8, 4) is 5.75 Å². The van der Waals surface area contributed by atoms with Crippen LogP contribution in [0.25, 0.3) is 6.08 Å². The molecule has 1 rings (SSSR count). The summed E-state index contributed by atoms with van der Waals surface area (Å²) >= 11 is 0. The van der Waals surface area contributed by atoms with Gasteiger partial charge in [-0.3, -0.25) is 0 Å². The molecular formula is C14H16O7. The van der Waals surface area contributed by atoms with Crippen molar-refractivity contribution in [3.05, 3.63) is 35.4 Å². The first kappa shape index (κ1) is 16.7. The number of carboxylic acid groups (broad SMARTS) is 1. The predicted octanol–water partition coefficient (Wildman–Crippen LogP) is 0.360. The highest BCUT2D eigenvalue weighted by atomic mass is 16.5. The summed E-state index contributed by atoms with van der Waals surface area (Å²) in [5.74, 6) is -1.73. The maximum absolute atomic E-state index is 11.2. The van der Waals surface area contributed by atoms with Gasteiger partial charge in [-0.25, -0.2) is 9.59 Å². The van der Waals surface area contributed by atoms with Gasteiger partial charge in [0, 0.05) is 11.6 Å². The van der Waals surface area contributed by atoms with Crippen LogP contribution in [0.5, 0.6) is 5.75 Å². The number of methoxy groups -OCH3 is 2. The van der Waals surface area contributed by atoms with E-state index >= 15 is 0 Å². The fraction of sp³-hybridized carbons (Fsp3) is 0.286. The number of hydrogen-bond acceptors (Lipinski definition) is 6. The number of carbonyl (C=O) groups excluding carboxylic acids is 1. The van der Waals surface area contributed by atoms with E-state index in [2.05, 4.69) is 4.74 Å². The summed E-state index contributed by atoms with van der Waals surface area (Å²) < 4.78 is 9.40. The number of esters is 1. The smallest absolute Gasteiger partial charge is 0.337 e. The normalized spacial score (nSPS) is 13.7. The lowest BCUT2D eigenvalue weighted by Gasteiger charge is -2.17. The monoisotopic (exact) mass is 296 g/mol. The second-order valence-corrected chi connectivity index (χ2v) is 4.09. The molecule has 0 aliphatic heterocycles. The summed E-state index contributed by atoms with van der Waals surface area (Å²) in [5, 5.41) is 28.2. The van der Waals surface area contributed by atoms with E-state index in [1.54, 1.807) is 0 Å². The Morgan fingerprint density at radius 1 is 1.24 bits per heavy atom. The van der Waals surface area contributed by atoms with Crippen molar-refractivity contribution in [1.82, 2.24) is 0 Å². The first-order valence-electron chi connectivity index (χ1n) is 5.93. The van der Waals surface area contributed by atoms with Crippen molar-refractivity contribution in [3.63, 3.8) is 0 Å². The van der Waals surface area contributed by atoms with E-state index in [1.165, 1.54) is 31.4 Å². The zero-order valence-corrected chi connectivity index (χ0v) is 11.5. The average molecular weight is 296 g/mol. The quantitative estimate of drug-likeness (QED) is 0.513. The SMILES string of the molecule is COC(=O)C(O)C(O)c1ccc(OC)c(/C=C/C(=O)O)c1. The molecule has 2 atom stereocenters. The van der Waals surface area contributed by atoms with Crippen LogP contribution in [0.4, 0.5) is 0 Å². The molecular weight excluding hydrogens is 280 g/mol. The zero-order valence-electron chi connectivity index (χ0n) is 11.5. The first-order chi connectivity index (χ1) is 9.90. The number of benzene rings is 1. The van der Waals surface area contributed by atoms with Crippen LogP contribution in [0, 0.1) is 0 Å². The Balaban J connectivity index is 3.12. The molecule has 3 N–H and O–H groups in total. The van der Waals surface area contributed by atoms with E-state index in [9.17, 15) is 19.8 Å². The van der Waals surface area contributed by atoms with Crippen LogP contribution in [0.3, 0.4) is 0 Å². The second kappa shape index (κ2) is 7.41. The molecule has 0 saturated carbocycles. The highest BCUT2D eigenvalue weighted by molar-refractivity contribution is 5.86. The highest BCUT2D eigenvalue weighted by Crippen LogP contribution is 2.26. The van der Waals surface area contributed by atoms with Gasteiger partial charge in [0.15, 0.2) is 6.10 Å². The minimum atomic E-state index is -1.74. The fourth-order valence-electron chi connectivity index (χ4n) is 1.66. The van der Waals surface area contributed by atoms with Crippen LogP contribution in [0.1, 0.15) is 17.2 Å². The molecule has 0 fully saturated rings. The number of rotatable bonds is 6. The molecule has 0 radical (unpaired) electrons. The number of hydrogen-bond donors (Lipinski definition) is 3. The Hall–Kier alpha value is -2.38. The molecule has 0 aliphatic rings. The fourth-order valence-corrected chi connectivity index (χ4v) is 1.66. The van der Waals surface area contributed by atoms with Gasteiger partial charge in [-0.15, -0.1) is 0 Å². The van der Waals surface area contributed by atoms with Crippen molar-refractivity contribution in [2.75, 3.05) is 14.2 Å². The van der Waals surface area contributed by atoms with E-state index in [1.807, 2.05) is 0 Å². The van der Waals surface area contributed by atoms with Gasteiger partial charge in [0.1, 0.15) is 11.9 Å². The van der Waals surface area contributed by atoms with Gasteiger partial charge >= 0.3 is 11.9 Å². The number of aliphatic carboxylic acids is 1. The van der Waals surface area contributed by atoms with Crippen molar-refractivity contribution in [1.29, 1.82) is 0 Å². The molecule has 21 heavy (non-hydrogen) atoms. The number of carboxylic acids is 1. The first-order valence-corrected chi connectivity index (χ1v) is 5.93. The minimum Gasteiger partial charge on any atom is -0.496 e. The Kier molecular flexibility index (Phi) is 5.89. The van der Waals surface area contributed by atoms with Gasteiger partial charge < -0.3 is 24.8 Å². The Morgan fingerprint density at radius 2 is 1.90 bits per heavy atom. The van der Waals surface area contributed by atoms with E-state index in [0.717, 1.165) is 13.2 Å². The van der Waals surface area contributed by atoms with Gasteiger partial charge in [-0.1, -0.05) is 6.07 Å². The van der Waals surface area contributed by atoms with Gasteiger partial charge in [-0.05, 0) is 23.8 Å². The van der Waals surface area contributed by atoms with Gasteiger partial charge in [0.05, 0.1) is 14.2 Å². The molecule has 2 unspecified atom stereocenters. The molecule has 0 spiro atoms. The van der Waals surface area contributed by atoms with Gasteiger partial charge in [-0.2, -0.15) is 0 Å². The lowest BCUT2D eigenvalue weighted by Crippen LogP contribution is -2.29. The van der Waals surface area contributed by atoms with Crippen LogP contribution in [0.15, 0.2) is 24.3 Å².